The summed E-state index contributed by atoms with van der Waals surface area (Å²) < 4.78 is 17.2. The first kappa shape index (κ1) is 51.8. The molecular formula is C47H80NO7+. The summed E-state index contributed by atoms with van der Waals surface area (Å²) in [5.41, 5.74) is 0. The molecule has 8 heteroatoms. The van der Waals surface area contributed by atoms with Crippen molar-refractivity contribution >= 4 is 17.9 Å². The number of aliphatic carboxylic acids is 1. The normalized spacial score (nSPS) is 13.7. The summed E-state index contributed by atoms with van der Waals surface area (Å²) in [5, 5.41) is 9.61. The second-order valence-electron chi connectivity index (χ2n) is 15.4. The molecule has 2 atom stereocenters. The molecule has 0 aliphatic heterocycles. The molecule has 55 heavy (non-hydrogen) atoms. The van der Waals surface area contributed by atoms with Crippen LogP contribution in [0.4, 0.5) is 0 Å². The van der Waals surface area contributed by atoms with Crippen molar-refractivity contribution in [3.8, 4) is 0 Å². The molecule has 0 amide bonds. The maximum Gasteiger partial charge on any atom is 0.362 e. The van der Waals surface area contributed by atoms with Crippen molar-refractivity contribution in [2.75, 3.05) is 41.0 Å². The summed E-state index contributed by atoms with van der Waals surface area (Å²) in [5.74, 6) is -1.53. The van der Waals surface area contributed by atoms with E-state index in [0.717, 1.165) is 51.4 Å². The molecule has 0 saturated heterocycles. The number of hydrogen-bond donors (Lipinski definition) is 1. The molecule has 0 bridgehead atoms. The lowest BCUT2D eigenvalue weighted by Gasteiger charge is -2.31. The lowest BCUT2D eigenvalue weighted by Crippen LogP contribution is -2.50. The minimum atomic E-state index is -0.884. The van der Waals surface area contributed by atoms with Crippen LogP contribution in [-0.2, 0) is 28.6 Å². The Morgan fingerprint density at radius 2 is 1.02 bits per heavy atom. The number of likely N-dealkylation sites (N-methyl/N-ethyl adjacent to an activating group) is 1. The number of carboxylic acid groups (broad SMARTS) is 1. The van der Waals surface area contributed by atoms with Gasteiger partial charge < -0.3 is 23.8 Å². The fraction of sp³-hybridized carbons (Fsp3) is 0.681. The number of esters is 2. The van der Waals surface area contributed by atoms with Gasteiger partial charge in [-0.05, 0) is 32.1 Å². The molecule has 2 unspecified atom stereocenters. The summed E-state index contributed by atoms with van der Waals surface area (Å²) in [4.78, 5) is 36.9. The Hall–Kier alpha value is -3.23. The first-order valence-electron chi connectivity index (χ1n) is 21.6. The van der Waals surface area contributed by atoms with Crippen molar-refractivity contribution in [1.29, 1.82) is 0 Å². The van der Waals surface area contributed by atoms with Crippen LogP contribution in [0.15, 0.2) is 72.9 Å². The van der Waals surface area contributed by atoms with Crippen molar-refractivity contribution in [3.05, 3.63) is 72.9 Å². The third-order valence-corrected chi connectivity index (χ3v) is 9.28. The van der Waals surface area contributed by atoms with E-state index < -0.39 is 18.1 Å². The second kappa shape index (κ2) is 37.7. The Bertz CT molecular complexity index is 1130. The zero-order valence-corrected chi connectivity index (χ0v) is 35.6. The molecule has 0 aromatic rings. The number of allylic oxidation sites excluding steroid dienone is 12. The fourth-order valence-corrected chi connectivity index (χ4v) is 5.95. The highest BCUT2D eigenvalue weighted by atomic mass is 16.6. The van der Waals surface area contributed by atoms with Crippen LogP contribution < -0.4 is 0 Å². The number of hydrogen-bond acceptors (Lipinski definition) is 6. The van der Waals surface area contributed by atoms with Gasteiger partial charge in [-0.15, -0.1) is 0 Å². The van der Waals surface area contributed by atoms with Crippen LogP contribution >= 0.6 is 0 Å². The van der Waals surface area contributed by atoms with E-state index in [4.69, 9.17) is 14.2 Å². The largest absolute Gasteiger partial charge is 0.477 e. The van der Waals surface area contributed by atoms with E-state index in [2.05, 4.69) is 26.0 Å². The number of carbonyl (C=O) groups excluding carboxylic acids is 2. The zero-order chi connectivity index (χ0) is 40.7. The summed E-state index contributed by atoms with van der Waals surface area (Å²) in [6, 6.07) is -0.623. The monoisotopic (exact) mass is 771 g/mol. The molecule has 0 aliphatic rings. The van der Waals surface area contributed by atoms with Crippen LogP contribution in [0.5, 0.6) is 0 Å². The maximum atomic E-state index is 12.7. The summed E-state index contributed by atoms with van der Waals surface area (Å²) in [6.07, 6.45) is 46.5. The molecule has 0 radical (unpaired) electrons. The van der Waals surface area contributed by atoms with E-state index >= 15 is 0 Å². The summed E-state index contributed by atoms with van der Waals surface area (Å²) in [6.45, 7) is 4.53. The van der Waals surface area contributed by atoms with E-state index in [9.17, 15) is 19.5 Å². The van der Waals surface area contributed by atoms with Crippen LogP contribution in [0.3, 0.4) is 0 Å². The van der Waals surface area contributed by atoms with Crippen LogP contribution in [0, 0.1) is 0 Å². The van der Waals surface area contributed by atoms with Crippen molar-refractivity contribution < 1.29 is 38.2 Å². The highest BCUT2D eigenvalue weighted by molar-refractivity contribution is 5.72. The Kier molecular flexibility index (Phi) is 35.5. The van der Waals surface area contributed by atoms with Crippen molar-refractivity contribution in [2.45, 2.75) is 167 Å². The van der Waals surface area contributed by atoms with Crippen molar-refractivity contribution in [2.24, 2.45) is 0 Å². The quantitative estimate of drug-likeness (QED) is 0.0291. The highest BCUT2D eigenvalue weighted by Crippen LogP contribution is 2.14. The van der Waals surface area contributed by atoms with Gasteiger partial charge in [0.2, 0.25) is 0 Å². The van der Waals surface area contributed by atoms with E-state index in [1.54, 1.807) is 0 Å². The second-order valence-corrected chi connectivity index (χ2v) is 15.4. The third-order valence-electron chi connectivity index (χ3n) is 9.28. The van der Waals surface area contributed by atoms with Gasteiger partial charge in [-0.3, -0.25) is 9.59 Å². The Morgan fingerprint density at radius 3 is 1.51 bits per heavy atom. The molecule has 314 valence electrons. The molecule has 0 aromatic heterocycles. The summed E-state index contributed by atoms with van der Waals surface area (Å²) >= 11 is 0. The molecular weight excluding hydrogens is 691 g/mol. The molecule has 1 N–H and O–H groups in total. The third kappa shape index (κ3) is 36.2. The minimum Gasteiger partial charge on any atom is -0.477 e. The average molecular weight is 771 g/mol. The van der Waals surface area contributed by atoms with E-state index in [0.29, 0.717) is 19.3 Å². The van der Waals surface area contributed by atoms with Gasteiger partial charge in [0.1, 0.15) is 6.61 Å². The summed E-state index contributed by atoms with van der Waals surface area (Å²) in [7, 11) is 5.50. The van der Waals surface area contributed by atoms with Crippen LogP contribution in [0.1, 0.15) is 155 Å². The van der Waals surface area contributed by atoms with Gasteiger partial charge in [0.05, 0.1) is 34.4 Å². The average Bonchev–Trinajstić information content (AvgIpc) is 3.14. The van der Waals surface area contributed by atoms with Crippen LogP contribution in [0.2, 0.25) is 0 Å². The Morgan fingerprint density at radius 1 is 0.564 bits per heavy atom. The molecule has 0 aromatic carbocycles. The lowest BCUT2D eigenvalue weighted by molar-refractivity contribution is -0.887. The van der Waals surface area contributed by atoms with E-state index in [-0.39, 0.29) is 36.2 Å². The highest BCUT2D eigenvalue weighted by Gasteiger charge is 2.31. The molecule has 0 saturated carbocycles. The topological polar surface area (TPSA) is 99.1 Å². The number of unbranched alkanes of at least 4 members (excludes halogenated alkanes) is 16. The fourth-order valence-electron chi connectivity index (χ4n) is 5.95. The molecule has 0 rings (SSSR count). The number of rotatable bonds is 37. The van der Waals surface area contributed by atoms with Crippen molar-refractivity contribution in [1.82, 2.24) is 0 Å². The number of carboxylic acids is 1. The predicted octanol–water partition coefficient (Wildman–Crippen LogP) is 11.6. The Balaban J connectivity index is 4.46. The molecule has 0 spiro atoms. The van der Waals surface area contributed by atoms with Crippen molar-refractivity contribution in [3.63, 3.8) is 0 Å². The van der Waals surface area contributed by atoms with Gasteiger partial charge in [-0.2, -0.15) is 0 Å². The number of ether oxygens (including phenoxy) is 3. The molecule has 0 fully saturated rings. The van der Waals surface area contributed by atoms with E-state index in [1.165, 1.54) is 70.6 Å². The smallest absolute Gasteiger partial charge is 0.362 e. The number of quaternary nitrogens is 1. The van der Waals surface area contributed by atoms with Gasteiger partial charge in [-0.1, -0.05) is 177 Å². The van der Waals surface area contributed by atoms with Gasteiger partial charge in [0, 0.05) is 19.3 Å². The lowest BCUT2D eigenvalue weighted by atomic mass is 10.0. The van der Waals surface area contributed by atoms with Gasteiger partial charge in [0.15, 0.2) is 12.1 Å². The van der Waals surface area contributed by atoms with Crippen LogP contribution in [0.25, 0.3) is 0 Å². The first-order valence-corrected chi connectivity index (χ1v) is 21.6. The Labute approximate surface area is 336 Å². The SMILES string of the molecule is CC/C=C/C=C/C=C/C=C/C=C/C=C/CCCCCC(=O)OCC(COCCC(C(=O)O)[N+](C)(C)C)OC(=O)CCCCCCCCCCCCCCCC. The first-order chi connectivity index (χ1) is 26.6. The molecule has 0 heterocycles. The van der Waals surface area contributed by atoms with Gasteiger partial charge >= 0.3 is 17.9 Å². The van der Waals surface area contributed by atoms with Gasteiger partial charge in [-0.25, -0.2) is 4.79 Å². The zero-order valence-electron chi connectivity index (χ0n) is 35.6. The number of nitrogens with zero attached hydrogens (tertiary/aromatic N) is 1. The minimum absolute atomic E-state index is 0.0444. The maximum absolute atomic E-state index is 12.7. The van der Waals surface area contributed by atoms with Gasteiger partial charge in [0.25, 0.3) is 0 Å². The van der Waals surface area contributed by atoms with Crippen LogP contribution in [-0.4, -0.2) is 80.6 Å². The van der Waals surface area contributed by atoms with E-state index in [1.807, 2.05) is 81.9 Å². The molecule has 8 nitrogen and oxygen atoms in total. The molecule has 0 aliphatic carbocycles. The predicted molar refractivity (Wildman–Crippen MR) is 229 cm³/mol. The number of carbonyl (C=O) groups is 3. The standard InChI is InChI=1S/C47H79NO7/c1-6-8-10-12-14-16-18-20-22-23-24-26-27-29-31-33-35-37-45(49)54-42-43(41-53-40-39-44(47(51)52)48(3,4)5)55-46(50)38-36-34-32-30-28-25-21-19-17-15-13-11-9-7-2/h8,10,12,14,16,18,20,22-24,26-27,43-44H,6-7,9,11,13,15,17,19,21,25,28-42H2,1-5H3/p+1/b10-8+,14-12+,18-16+,22-20+,24-23+,27-26+.